The van der Waals surface area contributed by atoms with E-state index in [1.165, 1.54) is 24.3 Å². The molecule has 2 rings (SSSR count). The molecule has 0 aliphatic carbocycles. The maximum absolute atomic E-state index is 12.4. The van der Waals surface area contributed by atoms with Gasteiger partial charge in [0.05, 0.1) is 11.1 Å². The number of carbonyl (C=O) groups is 2. The summed E-state index contributed by atoms with van der Waals surface area (Å²) in [6.45, 7) is 0. The largest absolute Gasteiger partial charge is 0.764 e. The van der Waals surface area contributed by atoms with Gasteiger partial charge in [-0.3, -0.25) is 9.59 Å². The van der Waals surface area contributed by atoms with E-state index in [1.54, 1.807) is 0 Å². The fourth-order valence-corrected chi connectivity index (χ4v) is 2.12. The van der Waals surface area contributed by atoms with Crippen molar-refractivity contribution in [3.8, 4) is 0 Å². The highest BCUT2D eigenvalue weighted by Crippen LogP contribution is 2.29. The fraction of sp³-hybridized carbons (Fsp3) is 0. The molecule has 7 heteroatoms. The van der Waals surface area contributed by atoms with Crippen molar-refractivity contribution in [1.29, 1.82) is 0 Å². The molecule has 15 heavy (non-hydrogen) atoms. The SMILES string of the molecule is O=C1c2ccccc2C(=O)N1[Si](F)(F)F. The normalized spacial score (nSPS) is 15.8. The van der Waals surface area contributed by atoms with Gasteiger partial charge in [-0.2, -0.15) is 0 Å². The van der Waals surface area contributed by atoms with Crippen molar-refractivity contribution in [2.75, 3.05) is 0 Å². The lowest BCUT2D eigenvalue weighted by atomic mass is 10.1. The molecule has 0 unspecified atom stereocenters. The van der Waals surface area contributed by atoms with Crippen LogP contribution in [0.2, 0.25) is 0 Å². The molecular weight excluding hydrogens is 227 g/mol. The van der Waals surface area contributed by atoms with Crippen LogP contribution in [0, 0.1) is 0 Å². The molecule has 0 bridgehead atoms. The standard InChI is InChI=1S/C8H4F3NO2Si/c9-15(10,11)12-7(13)5-3-1-2-4-6(5)8(12)14/h1-4H. The van der Waals surface area contributed by atoms with Crippen molar-refractivity contribution in [3.05, 3.63) is 35.4 Å². The smallest absolute Gasteiger partial charge is 0.269 e. The van der Waals surface area contributed by atoms with Gasteiger partial charge in [0.25, 0.3) is 11.8 Å². The lowest BCUT2D eigenvalue weighted by molar-refractivity contribution is 0.0705. The van der Waals surface area contributed by atoms with E-state index in [9.17, 15) is 21.9 Å². The molecule has 1 aliphatic rings. The molecule has 1 heterocycles. The van der Waals surface area contributed by atoms with Crippen LogP contribution in [-0.4, -0.2) is 25.6 Å². The van der Waals surface area contributed by atoms with Crippen molar-refractivity contribution >= 4 is 21.1 Å². The summed E-state index contributed by atoms with van der Waals surface area (Å²) < 4.78 is 36.8. The van der Waals surface area contributed by atoms with Gasteiger partial charge >= 0.3 is 9.24 Å². The third kappa shape index (κ3) is 1.35. The zero-order valence-corrected chi connectivity index (χ0v) is 8.21. The lowest BCUT2D eigenvalue weighted by Crippen LogP contribution is -2.47. The first kappa shape index (κ1) is 9.90. The van der Waals surface area contributed by atoms with Crippen LogP contribution in [0.4, 0.5) is 12.3 Å². The Bertz CT molecular complexity index is 422. The minimum Gasteiger partial charge on any atom is -0.269 e. The maximum atomic E-state index is 12.4. The Morgan fingerprint density at radius 1 is 0.933 bits per heavy atom. The zero-order chi connectivity index (χ0) is 11.2. The molecule has 1 aromatic rings. The second kappa shape index (κ2) is 2.93. The molecule has 0 fully saturated rings. The minimum absolute atomic E-state index is 0.174. The van der Waals surface area contributed by atoms with Crippen molar-refractivity contribution in [3.63, 3.8) is 0 Å². The quantitative estimate of drug-likeness (QED) is 0.418. The van der Waals surface area contributed by atoms with Crippen molar-refractivity contribution in [1.82, 2.24) is 4.57 Å². The molecule has 1 aromatic carbocycles. The summed E-state index contributed by atoms with van der Waals surface area (Å²) in [5.74, 6) is -2.51. The number of rotatable bonds is 1. The van der Waals surface area contributed by atoms with Crippen LogP contribution in [0.3, 0.4) is 0 Å². The van der Waals surface area contributed by atoms with E-state index in [2.05, 4.69) is 0 Å². The van der Waals surface area contributed by atoms with Gasteiger partial charge in [0.2, 0.25) is 0 Å². The van der Waals surface area contributed by atoms with Crippen LogP contribution in [0.5, 0.6) is 0 Å². The molecule has 1 aliphatic heterocycles. The van der Waals surface area contributed by atoms with Crippen LogP contribution in [0.25, 0.3) is 0 Å². The Morgan fingerprint density at radius 3 is 1.67 bits per heavy atom. The zero-order valence-electron chi connectivity index (χ0n) is 7.21. The summed E-state index contributed by atoms with van der Waals surface area (Å²) in [5.41, 5.74) is -0.348. The average molecular weight is 231 g/mol. The van der Waals surface area contributed by atoms with Crippen molar-refractivity contribution in [2.24, 2.45) is 0 Å². The number of carbonyl (C=O) groups excluding carboxylic acids is 2. The van der Waals surface area contributed by atoms with E-state index in [4.69, 9.17) is 0 Å². The molecule has 0 N–H and O–H groups in total. The number of hydrogen-bond donors (Lipinski definition) is 0. The maximum Gasteiger partial charge on any atom is 0.764 e. The molecule has 78 valence electrons. The third-order valence-corrected chi connectivity index (χ3v) is 2.96. The van der Waals surface area contributed by atoms with Gasteiger partial charge in [0.15, 0.2) is 0 Å². The average Bonchev–Trinajstić information content (AvgIpc) is 2.39. The Kier molecular flexibility index (Phi) is 1.93. The number of fused-ring (bicyclic) bond motifs is 1. The molecular formula is C8H4F3NO2Si. The number of imide groups is 1. The van der Waals surface area contributed by atoms with Gasteiger partial charge in [0.1, 0.15) is 0 Å². The van der Waals surface area contributed by atoms with Gasteiger partial charge in [-0.05, 0) is 12.1 Å². The monoisotopic (exact) mass is 231 g/mol. The minimum atomic E-state index is -6.41. The summed E-state index contributed by atoms with van der Waals surface area (Å²) in [4.78, 5) is 22.5. The van der Waals surface area contributed by atoms with Crippen LogP contribution in [-0.2, 0) is 0 Å². The molecule has 2 amide bonds. The van der Waals surface area contributed by atoms with Gasteiger partial charge in [0, 0.05) is 0 Å². The predicted octanol–water partition coefficient (Wildman–Crippen LogP) is 1.63. The number of halogens is 3. The third-order valence-electron chi connectivity index (χ3n) is 2.05. The lowest BCUT2D eigenvalue weighted by Gasteiger charge is -2.13. The molecule has 3 nitrogen and oxygen atoms in total. The highest BCUT2D eigenvalue weighted by molar-refractivity contribution is 6.64. The van der Waals surface area contributed by atoms with E-state index < -0.39 is 25.6 Å². The Labute approximate surface area is 83.7 Å². The van der Waals surface area contributed by atoms with Gasteiger partial charge < -0.3 is 0 Å². The predicted molar refractivity (Wildman–Crippen MR) is 46.0 cm³/mol. The number of hydrogen-bond acceptors (Lipinski definition) is 2. The Morgan fingerprint density at radius 2 is 1.33 bits per heavy atom. The van der Waals surface area contributed by atoms with E-state index in [1.807, 2.05) is 0 Å². The van der Waals surface area contributed by atoms with Gasteiger partial charge in [-0.1, -0.05) is 12.1 Å². The van der Waals surface area contributed by atoms with E-state index in [-0.39, 0.29) is 11.1 Å². The van der Waals surface area contributed by atoms with E-state index in [0.717, 1.165) is 0 Å². The second-order valence-electron chi connectivity index (χ2n) is 2.96. The first-order valence-corrected chi connectivity index (χ1v) is 5.55. The van der Waals surface area contributed by atoms with Crippen molar-refractivity contribution in [2.45, 2.75) is 0 Å². The first-order chi connectivity index (χ1) is 6.93. The summed E-state index contributed by atoms with van der Waals surface area (Å²) in [7, 11) is -6.41. The molecule has 0 radical (unpaired) electrons. The number of nitrogens with zero attached hydrogens (tertiary/aromatic N) is 1. The van der Waals surface area contributed by atoms with Crippen LogP contribution >= 0.6 is 0 Å². The van der Waals surface area contributed by atoms with E-state index in [0.29, 0.717) is 0 Å². The summed E-state index contributed by atoms with van der Waals surface area (Å²) in [5, 5.41) is 0. The molecule has 0 saturated heterocycles. The van der Waals surface area contributed by atoms with Gasteiger partial charge in [-0.25, -0.2) is 16.9 Å². The summed E-state index contributed by atoms with van der Waals surface area (Å²) in [6.07, 6.45) is 0. The molecule has 0 atom stereocenters. The van der Waals surface area contributed by atoms with Gasteiger partial charge in [-0.15, -0.1) is 0 Å². The second-order valence-corrected chi connectivity index (χ2v) is 4.34. The highest BCUT2D eigenvalue weighted by atomic mass is 28.5. The van der Waals surface area contributed by atoms with Crippen LogP contribution < -0.4 is 0 Å². The molecule has 0 saturated carbocycles. The van der Waals surface area contributed by atoms with Crippen LogP contribution in [0.15, 0.2) is 24.3 Å². The van der Waals surface area contributed by atoms with Crippen LogP contribution in [0.1, 0.15) is 20.7 Å². The fourth-order valence-electron chi connectivity index (χ4n) is 1.42. The first-order valence-electron chi connectivity index (χ1n) is 3.97. The molecule has 0 aromatic heterocycles. The summed E-state index contributed by atoms with van der Waals surface area (Å²) in [6, 6.07) is 5.28. The topological polar surface area (TPSA) is 37.4 Å². The summed E-state index contributed by atoms with van der Waals surface area (Å²) >= 11 is 0. The molecule has 0 spiro atoms. The Hall–Kier alpha value is -1.63. The Balaban J connectivity index is 2.55. The van der Waals surface area contributed by atoms with Crippen molar-refractivity contribution < 1.29 is 21.9 Å². The highest BCUT2D eigenvalue weighted by Gasteiger charge is 2.57. The van der Waals surface area contributed by atoms with E-state index >= 15 is 0 Å². The number of amides is 2. The number of benzene rings is 1.